The maximum atomic E-state index is 12.7. The first-order chi connectivity index (χ1) is 14.5. The summed E-state index contributed by atoms with van der Waals surface area (Å²) in [5.41, 5.74) is 1.06. The number of carbonyl (C=O) groups is 2. The summed E-state index contributed by atoms with van der Waals surface area (Å²) in [4.78, 5) is 26.9. The average Bonchev–Trinajstić information content (AvgIpc) is 3.28. The van der Waals surface area contributed by atoms with E-state index in [2.05, 4.69) is 5.32 Å². The third kappa shape index (κ3) is 4.96. The fourth-order valence-corrected chi connectivity index (χ4v) is 4.06. The number of benzene rings is 2. The molecular weight excluding hydrogens is 406 g/mol. The van der Waals surface area contributed by atoms with E-state index < -0.39 is 6.04 Å². The summed E-state index contributed by atoms with van der Waals surface area (Å²) >= 11 is 1.51. The Balaban J connectivity index is 1.61. The van der Waals surface area contributed by atoms with Gasteiger partial charge < -0.3 is 24.4 Å². The van der Waals surface area contributed by atoms with Crippen LogP contribution in [0, 0.1) is 11.3 Å². The number of thioether (sulfide) groups is 1. The van der Waals surface area contributed by atoms with Crippen LogP contribution in [0.5, 0.6) is 17.2 Å². The Bertz CT molecular complexity index is 958. The molecule has 156 valence electrons. The van der Waals surface area contributed by atoms with E-state index >= 15 is 0 Å². The van der Waals surface area contributed by atoms with Crippen molar-refractivity contribution in [2.24, 2.45) is 0 Å². The van der Waals surface area contributed by atoms with Gasteiger partial charge in [-0.05, 0) is 36.4 Å². The SMILES string of the molecule is COc1ccc(NC(=O)C2CSCN2C(=O)COc2ccc(C#N)cc2OC)cc1. The second-order valence-electron chi connectivity index (χ2n) is 6.36. The highest BCUT2D eigenvalue weighted by Gasteiger charge is 2.35. The van der Waals surface area contributed by atoms with Crippen molar-refractivity contribution in [1.29, 1.82) is 5.26 Å². The van der Waals surface area contributed by atoms with E-state index in [1.807, 2.05) is 6.07 Å². The molecular formula is C21H21N3O5S. The van der Waals surface area contributed by atoms with Crippen LogP contribution in [0.2, 0.25) is 0 Å². The summed E-state index contributed by atoms with van der Waals surface area (Å²) in [6.45, 7) is -0.241. The van der Waals surface area contributed by atoms with Crippen LogP contribution in [-0.2, 0) is 9.59 Å². The molecule has 0 radical (unpaired) electrons. The molecule has 3 rings (SSSR count). The number of ether oxygens (including phenoxy) is 3. The molecule has 0 saturated carbocycles. The second-order valence-corrected chi connectivity index (χ2v) is 7.36. The monoisotopic (exact) mass is 427 g/mol. The molecule has 9 heteroatoms. The van der Waals surface area contributed by atoms with Gasteiger partial charge in [-0.1, -0.05) is 0 Å². The smallest absolute Gasteiger partial charge is 0.261 e. The highest BCUT2D eigenvalue weighted by Crippen LogP contribution is 2.28. The minimum absolute atomic E-state index is 0.241. The molecule has 1 aliphatic rings. The number of methoxy groups -OCH3 is 2. The van der Waals surface area contributed by atoms with E-state index in [1.165, 1.54) is 29.8 Å². The van der Waals surface area contributed by atoms with E-state index in [4.69, 9.17) is 19.5 Å². The van der Waals surface area contributed by atoms with Gasteiger partial charge in [-0.25, -0.2) is 0 Å². The van der Waals surface area contributed by atoms with Crippen LogP contribution in [-0.4, -0.2) is 55.2 Å². The summed E-state index contributed by atoms with van der Waals surface area (Å²) in [6, 6.07) is 13.1. The molecule has 2 aromatic carbocycles. The van der Waals surface area contributed by atoms with Gasteiger partial charge in [0.15, 0.2) is 18.1 Å². The number of nitriles is 1. The summed E-state index contributed by atoms with van der Waals surface area (Å²) in [5.74, 6) is 1.77. The van der Waals surface area contributed by atoms with Crippen molar-refractivity contribution in [1.82, 2.24) is 4.90 Å². The lowest BCUT2D eigenvalue weighted by Gasteiger charge is -2.23. The van der Waals surface area contributed by atoms with Crippen LogP contribution < -0.4 is 19.5 Å². The molecule has 0 bridgehead atoms. The minimum atomic E-state index is -0.587. The van der Waals surface area contributed by atoms with E-state index in [9.17, 15) is 9.59 Å². The normalized spacial score (nSPS) is 15.2. The molecule has 0 aliphatic carbocycles. The Hall–Kier alpha value is -3.38. The fraction of sp³-hybridized carbons (Fsp3) is 0.286. The van der Waals surface area contributed by atoms with Gasteiger partial charge in [-0.15, -0.1) is 11.8 Å². The molecule has 1 atom stereocenters. The van der Waals surface area contributed by atoms with Crippen LogP contribution in [0.15, 0.2) is 42.5 Å². The van der Waals surface area contributed by atoms with Crippen molar-refractivity contribution < 1.29 is 23.8 Å². The molecule has 2 aromatic rings. The topological polar surface area (TPSA) is 101 Å². The fourth-order valence-electron chi connectivity index (χ4n) is 2.88. The summed E-state index contributed by atoms with van der Waals surface area (Å²) in [6.07, 6.45) is 0. The van der Waals surface area contributed by atoms with Crippen molar-refractivity contribution >= 4 is 29.3 Å². The average molecular weight is 427 g/mol. The number of nitrogens with one attached hydrogen (secondary N) is 1. The van der Waals surface area contributed by atoms with Gasteiger partial charge in [0.25, 0.3) is 5.91 Å². The van der Waals surface area contributed by atoms with Gasteiger partial charge in [0.05, 0.1) is 31.7 Å². The number of anilines is 1. The van der Waals surface area contributed by atoms with Crippen molar-refractivity contribution in [3.05, 3.63) is 48.0 Å². The Morgan fingerprint density at radius 2 is 1.93 bits per heavy atom. The van der Waals surface area contributed by atoms with Crippen molar-refractivity contribution in [3.63, 3.8) is 0 Å². The first kappa shape index (κ1) is 21.3. The zero-order valence-electron chi connectivity index (χ0n) is 16.6. The van der Waals surface area contributed by atoms with Gasteiger partial charge in [0.2, 0.25) is 5.91 Å². The molecule has 1 heterocycles. The molecule has 1 unspecified atom stereocenters. The van der Waals surface area contributed by atoms with Crippen LogP contribution in [0.1, 0.15) is 5.56 Å². The molecule has 2 amide bonds. The van der Waals surface area contributed by atoms with Gasteiger partial charge >= 0.3 is 0 Å². The lowest BCUT2D eigenvalue weighted by molar-refractivity contribution is -0.137. The van der Waals surface area contributed by atoms with Gasteiger partial charge in [-0.3, -0.25) is 9.59 Å². The predicted octanol–water partition coefficient (Wildman–Crippen LogP) is 2.49. The van der Waals surface area contributed by atoms with Gasteiger partial charge in [0, 0.05) is 17.5 Å². The summed E-state index contributed by atoms with van der Waals surface area (Å²) < 4.78 is 15.9. The highest BCUT2D eigenvalue weighted by atomic mass is 32.2. The van der Waals surface area contributed by atoms with Crippen molar-refractivity contribution in [3.8, 4) is 23.3 Å². The molecule has 1 N–H and O–H groups in total. The van der Waals surface area contributed by atoms with Crippen molar-refractivity contribution in [2.45, 2.75) is 6.04 Å². The highest BCUT2D eigenvalue weighted by molar-refractivity contribution is 7.99. The molecule has 8 nitrogen and oxygen atoms in total. The third-order valence-corrected chi connectivity index (χ3v) is 5.52. The van der Waals surface area contributed by atoms with Gasteiger partial charge in [-0.2, -0.15) is 5.26 Å². The number of rotatable bonds is 7. The lowest BCUT2D eigenvalue weighted by atomic mass is 10.2. The number of nitrogens with zero attached hydrogens (tertiary/aromatic N) is 2. The zero-order valence-corrected chi connectivity index (χ0v) is 17.4. The largest absolute Gasteiger partial charge is 0.497 e. The van der Waals surface area contributed by atoms with Crippen LogP contribution in [0.4, 0.5) is 5.69 Å². The number of hydrogen-bond acceptors (Lipinski definition) is 7. The number of amides is 2. The predicted molar refractivity (Wildman–Crippen MR) is 113 cm³/mol. The Morgan fingerprint density at radius 3 is 2.60 bits per heavy atom. The summed E-state index contributed by atoms with van der Waals surface area (Å²) in [5, 5.41) is 11.8. The molecule has 30 heavy (non-hydrogen) atoms. The Kier molecular flexibility index (Phi) is 7.03. The molecule has 0 aromatic heterocycles. The van der Waals surface area contributed by atoms with E-state index in [0.29, 0.717) is 40.1 Å². The Labute approximate surface area is 178 Å². The van der Waals surface area contributed by atoms with Crippen LogP contribution >= 0.6 is 11.8 Å². The first-order valence-corrected chi connectivity index (χ1v) is 10.2. The van der Waals surface area contributed by atoms with E-state index in [0.717, 1.165) is 0 Å². The lowest BCUT2D eigenvalue weighted by Crippen LogP contribution is -2.46. The molecule has 1 saturated heterocycles. The van der Waals surface area contributed by atoms with Gasteiger partial charge in [0.1, 0.15) is 11.8 Å². The second kappa shape index (κ2) is 9.89. The molecule has 1 aliphatic heterocycles. The van der Waals surface area contributed by atoms with Crippen LogP contribution in [0.3, 0.4) is 0 Å². The first-order valence-electron chi connectivity index (χ1n) is 9.08. The van der Waals surface area contributed by atoms with Crippen molar-refractivity contribution in [2.75, 3.05) is 37.8 Å². The zero-order chi connectivity index (χ0) is 21.5. The van der Waals surface area contributed by atoms with E-state index in [-0.39, 0.29) is 18.4 Å². The maximum absolute atomic E-state index is 12.7. The standard InChI is InChI=1S/C21H21N3O5S/c1-27-16-6-4-15(5-7-16)23-21(26)17-12-30-13-24(17)20(25)11-29-18-8-3-14(10-22)9-19(18)28-2/h3-9,17H,11-13H2,1-2H3,(H,23,26). The molecule has 0 spiro atoms. The quantitative estimate of drug-likeness (QED) is 0.724. The maximum Gasteiger partial charge on any atom is 0.261 e. The van der Waals surface area contributed by atoms with Crippen LogP contribution in [0.25, 0.3) is 0 Å². The number of carbonyl (C=O) groups excluding carboxylic acids is 2. The van der Waals surface area contributed by atoms with E-state index in [1.54, 1.807) is 43.5 Å². The number of hydrogen-bond donors (Lipinski definition) is 1. The minimum Gasteiger partial charge on any atom is -0.497 e. The third-order valence-electron chi connectivity index (χ3n) is 4.51. The summed E-state index contributed by atoms with van der Waals surface area (Å²) in [7, 11) is 3.03. The Morgan fingerprint density at radius 1 is 1.17 bits per heavy atom. The molecule has 1 fully saturated rings.